The number of rotatable bonds is 5. The molecule has 0 saturated carbocycles. The summed E-state index contributed by atoms with van der Waals surface area (Å²) in [6.07, 6.45) is 7.05. The number of nitrogens with zero attached hydrogens (tertiary/aromatic N) is 3. The molecule has 6 heteroatoms. The first-order valence-electron chi connectivity index (χ1n) is 9.67. The van der Waals surface area contributed by atoms with Gasteiger partial charge < -0.3 is 14.4 Å². The van der Waals surface area contributed by atoms with Crippen LogP contribution in [0, 0.1) is 5.41 Å². The molecule has 5 nitrogen and oxygen atoms in total. The lowest BCUT2D eigenvalue weighted by molar-refractivity contribution is 0.0225. The van der Waals surface area contributed by atoms with E-state index in [1.165, 1.54) is 5.56 Å². The van der Waals surface area contributed by atoms with Crippen LogP contribution in [0.4, 0.5) is 0 Å². The number of benzene rings is 1. The van der Waals surface area contributed by atoms with Crippen LogP contribution in [0.5, 0.6) is 0 Å². The lowest BCUT2D eigenvalue weighted by atomic mass is 9.76. The Kier molecular flexibility index (Phi) is 5.38. The number of piperidine rings is 1. The van der Waals surface area contributed by atoms with Crippen LogP contribution in [0.1, 0.15) is 35.3 Å². The number of likely N-dealkylation sites (tertiary alicyclic amines) is 1. The highest BCUT2D eigenvalue weighted by Gasteiger charge is 2.37. The number of amides is 1. The Morgan fingerprint density at radius 3 is 2.79 bits per heavy atom. The number of carbonyl (C=O) groups is 1. The van der Waals surface area contributed by atoms with E-state index in [-0.39, 0.29) is 17.9 Å². The maximum Gasteiger partial charge on any atom is 0.274 e. The van der Waals surface area contributed by atoms with E-state index in [9.17, 15) is 9.90 Å². The average Bonchev–Trinajstić information content (AvgIpc) is 3.16. The van der Waals surface area contributed by atoms with E-state index in [2.05, 4.69) is 17.1 Å². The summed E-state index contributed by atoms with van der Waals surface area (Å²) in [6, 6.07) is 13.9. The van der Waals surface area contributed by atoms with Gasteiger partial charge in [-0.15, -0.1) is 0 Å². The summed E-state index contributed by atoms with van der Waals surface area (Å²) < 4.78 is 1.77. The van der Waals surface area contributed by atoms with Crippen molar-refractivity contribution < 1.29 is 9.90 Å². The van der Waals surface area contributed by atoms with Crippen LogP contribution in [0.2, 0.25) is 5.02 Å². The number of hydrogen-bond acceptors (Lipinski definition) is 3. The Balaban J connectivity index is 1.50. The molecule has 0 aliphatic carbocycles. The lowest BCUT2D eigenvalue weighted by Crippen LogP contribution is -2.48. The van der Waals surface area contributed by atoms with Crippen molar-refractivity contribution in [3.63, 3.8) is 0 Å². The van der Waals surface area contributed by atoms with Gasteiger partial charge in [0.2, 0.25) is 0 Å². The highest BCUT2D eigenvalue weighted by atomic mass is 35.5. The number of aliphatic hydroxyl groups is 1. The zero-order valence-electron chi connectivity index (χ0n) is 15.7. The van der Waals surface area contributed by atoms with E-state index in [1.807, 2.05) is 23.1 Å². The largest absolute Gasteiger partial charge is 0.396 e. The molecule has 2 aromatic heterocycles. The highest BCUT2D eigenvalue weighted by molar-refractivity contribution is 6.30. The number of aryl methyl sites for hydroxylation is 1. The van der Waals surface area contributed by atoms with Crippen LogP contribution in [-0.4, -0.2) is 45.0 Å². The third kappa shape index (κ3) is 3.91. The predicted molar refractivity (Wildman–Crippen MR) is 110 cm³/mol. The fourth-order valence-corrected chi connectivity index (χ4v) is 4.25. The smallest absolute Gasteiger partial charge is 0.274 e. The molecule has 1 fully saturated rings. The molecule has 3 heterocycles. The molecule has 0 spiro atoms. The maximum absolute atomic E-state index is 13.1. The van der Waals surface area contributed by atoms with Gasteiger partial charge in [-0.2, -0.15) is 0 Å². The van der Waals surface area contributed by atoms with E-state index in [4.69, 9.17) is 11.6 Å². The Hall–Kier alpha value is -2.37. The summed E-state index contributed by atoms with van der Waals surface area (Å²) in [6.45, 7) is 1.34. The predicted octanol–water partition coefficient (Wildman–Crippen LogP) is 3.84. The van der Waals surface area contributed by atoms with Crippen molar-refractivity contribution in [2.24, 2.45) is 5.41 Å². The van der Waals surface area contributed by atoms with Crippen molar-refractivity contribution in [1.82, 2.24) is 14.3 Å². The first-order valence-corrected chi connectivity index (χ1v) is 10.0. The van der Waals surface area contributed by atoms with Gasteiger partial charge in [0, 0.05) is 30.9 Å². The molecule has 1 aliphatic heterocycles. The molecular weight excluding hydrogens is 374 g/mol. The van der Waals surface area contributed by atoms with Gasteiger partial charge in [-0.05, 0) is 43.4 Å². The summed E-state index contributed by atoms with van der Waals surface area (Å²) in [5, 5.41) is 10.8. The van der Waals surface area contributed by atoms with E-state index in [1.54, 1.807) is 28.9 Å². The summed E-state index contributed by atoms with van der Waals surface area (Å²) in [4.78, 5) is 19.4. The topological polar surface area (TPSA) is 57.8 Å². The molecule has 1 aromatic carbocycles. The van der Waals surface area contributed by atoms with Crippen LogP contribution in [0.15, 0.2) is 54.9 Å². The van der Waals surface area contributed by atoms with Gasteiger partial charge in [-0.1, -0.05) is 41.9 Å². The standard InChI is InChI=1S/C22H24ClN3O2/c23-18-7-8-20-24-19(14-26(20)13-18)21(28)25-12-4-10-22(15-25,16-27)11-9-17-5-2-1-3-6-17/h1-3,5-8,13-14,27H,4,9-12,15-16H2. The number of carbonyl (C=O) groups excluding carboxylic acids is 1. The van der Waals surface area contributed by atoms with Gasteiger partial charge in [-0.25, -0.2) is 4.98 Å². The molecule has 1 N–H and O–H groups in total. The van der Waals surface area contributed by atoms with Crippen LogP contribution in [-0.2, 0) is 6.42 Å². The fourth-order valence-electron chi connectivity index (χ4n) is 4.08. The summed E-state index contributed by atoms with van der Waals surface area (Å²) >= 11 is 6.03. The minimum Gasteiger partial charge on any atom is -0.396 e. The minimum absolute atomic E-state index is 0.0861. The maximum atomic E-state index is 13.1. The third-order valence-corrected chi connectivity index (χ3v) is 5.93. The van der Waals surface area contributed by atoms with Gasteiger partial charge in [0.25, 0.3) is 5.91 Å². The van der Waals surface area contributed by atoms with Crippen molar-refractivity contribution in [3.8, 4) is 0 Å². The van der Waals surface area contributed by atoms with Gasteiger partial charge >= 0.3 is 0 Å². The molecule has 4 rings (SSSR count). The number of fused-ring (bicyclic) bond motifs is 1. The molecule has 0 bridgehead atoms. The minimum atomic E-state index is -0.258. The first-order chi connectivity index (χ1) is 13.6. The normalized spacial score (nSPS) is 19.9. The molecule has 1 amide bonds. The molecule has 1 aliphatic rings. The van der Waals surface area contributed by atoms with E-state index >= 15 is 0 Å². The van der Waals surface area contributed by atoms with E-state index < -0.39 is 0 Å². The SMILES string of the molecule is O=C(c1cn2cc(Cl)ccc2n1)N1CCCC(CO)(CCc2ccccc2)C1. The molecule has 1 saturated heterocycles. The summed E-state index contributed by atoms with van der Waals surface area (Å²) in [7, 11) is 0. The van der Waals surface area contributed by atoms with Gasteiger partial charge in [-0.3, -0.25) is 4.79 Å². The molecular formula is C22H24ClN3O2. The van der Waals surface area contributed by atoms with Crippen molar-refractivity contribution in [3.05, 3.63) is 71.1 Å². The Labute approximate surface area is 169 Å². The summed E-state index contributed by atoms with van der Waals surface area (Å²) in [5.41, 5.74) is 2.11. The quantitative estimate of drug-likeness (QED) is 0.711. The Morgan fingerprint density at radius 1 is 1.18 bits per heavy atom. The Bertz CT molecular complexity index is 972. The zero-order valence-corrected chi connectivity index (χ0v) is 16.5. The van der Waals surface area contributed by atoms with Crippen LogP contribution in [0.3, 0.4) is 0 Å². The van der Waals surface area contributed by atoms with Crippen LogP contribution < -0.4 is 0 Å². The van der Waals surface area contributed by atoms with Crippen molar-refractivity contribution in [1.29, 1.82) is 0 Å². The van der Waals surface area contributed by atoms with E-state index in [0.717, 1.165) is 25.7 Å². The van der Waals surface area contributed by atoms with Crippen LogP contribution in [0.25, 0.3) is 5.65 Å². The number of pyridine rings is 1. The number of halogens is 1. The molecule has 0 radical (unpaired) electrons. The monoisotopic (exact) mass is 397 g/mol. The molecule has 3 aromatic rings. The second kappa shape index (κ2) is 7.94. The third-order valence-electron chi connectivity index (χ3n) is 5.70. The van der Waals surface area contributed by atoms with Crippen molar-refractivity contribution in [2.45, 2.75) is 25.7 Å². The first kappa shape index (κ1) is 19.0. The highest BCUT2D eigenvalue weighted by Crippen LogP contribution is 2.35. The lowest BCUT2D eigenvalue weighted by Gasteiger charge is -2.41. The molecule has 1 unspecified atom stereocenters. The van der Waals surface area contributed by atoms with Gasteiger partial charge in [0.15, 0.2) is 0 Å². The number of aliphatic hydroxyl groups excluding tert-OH is 1. The molecule has 1 atom stereocenters. The number of imidazole rings is 1. The Morgan fingerprint density at radius 2 is 2.00 bits per heavy atom. The number of hydrogen-bond donors (Lipinski definition) is 1. The molecule has 146 valence electrons. The fraction of sp³-hybridized carbons (Fsp3) is 0.364. The van der Waals surface area contributed by atoms with Crippen molar-refractivity contribution in [2.75, 3.05) is 19.7 Å². The zero-order chi connectivity index (χ0) is 19.6. The summed E-state index contributed by atoms with van der Waals surface area (Å²) in [5.74, 6) is -0.0861. The van der Waals surface area contributed by atoms with E-state index in [0.29, 0.717) is 29.5 Å². The van der Waals surface area contributed by atoms with Gasteiger partial charge in [0.1, 0.15) is 11.3 Å². The van der Waals surface area contributed by atoms with Crippen molar-refractivity contribution >= 4 is 23.2 Å². The van der Waals surface area contributed by atoms with Gasteiger partial charge in [0.05, 0.1) is 11.6 Å². The second-order valence-corrected chi connectivity index (χ2v) is 8.15. The second-order valence-electron chi connectivity index (χ2n) is 7.71. The molecule has 28 heavy (non-hydrogen) atoms. The number of aromatic nitrogens is 2. The van der Waals surface area contributed by atoms with Crippen LogP contribution >= 0.6 is 11.6 Å². The average molecular weight is 398 g/mol.